The van der Waals surface area contributed by atoms with Crippen LogP contribution in [0.4, 0.5) is 11.4 Å². The first-order chi connectivity index (χ1) is 23.3. The van der Waals surface area contributed by atoms with Gasteiger partial charge in [0.25, 0.3) is 0 Å². The molecule has 2 atom stereocenters. The molecule has 5 aromatic carbocycles. The summed E-state index contributed by atoms with van der Waals surface area (Å²) >= 11 is 0. The molecule has 0 spiro atoms. The van der Waals surface area contributed by atoms with Crippen LogP contribution in [0.5, 0.6) is 0 Å². The smallest absolute Gasteiger partial charge is 0.145 e. The monoisotopic (exact) mass is 604 g/mol. The Kier molecular flexibility index (Phi) is 5.71. The highest BCUT2D eigenvalue weighted by molar-refractivity contribution is 5.93. The maximum Gasteiger partial charge on any atom is 0.145 e. The predicted octanol–water partition coefficient (Wildman–Crippen LogP) is 9.74. The Hall–Kier alpha value is -5.74. The molecule has 10 rings (SSSR count). The fourth-order valence-electron chi connectivity index (χ4n) is 8.75. The van der Waals surface area contributed by atoms with Gasteiger partial charge in [-0.1, -0.05) is 103 Å². The Balaban J connectivity index is 1.34. The lowest BCUT2D eigenvalue weighted by Gasteiger charge is -2.42. The van der Waals surface area contributed by atoms with Gasteiger partial charge < -0.3 is 4.90 Å². The van der Waals surface area contributed by atoms with E-state index in [9.17, 15) is 0 Å². The molecule has 1 aliphatic carbocycles. The molecule has 0 saturated heterocycles. The molecule has 4 heterocycles. The van der Waals surface area contributed by atoms with Gasteiger partial charge in [-0.2, -0.15) is 0 Å². The SMILES string of the molecule is C1=CC2C(CC1)c1ccccc1N2c1ccc2c(c1)C(c1ccccc1)(c1ccccc1)c1cccc3nc(-c4ccncc4)n-2c13. The van der Waals surface area contributed by atoms with E-state index < -0.39 is 5.41 Å². The molecule has 0 radical (unpaired) electrons. The van der Waals surface area contributed by atoms with Crippen molar-refractivity contribution in [1.82, 2.24) is 14.5 Å². The first kappa shape index (κ1) is 26.5. The fourth-order valence-corrected chi connectivity index (χ4v) is 8.75. The van der Waals surface area contributed by atoms with Gasteiger partial charge in [-0.15, -0.1) is 0 Å². The van der Waals surface area contributed by atoms with Gasteiger partial charge in [-0.05, 0) is 83.1 Å². The molecule has 2 aromatic heterocycles. The number of pyridine rings is 1. The van der Waals surface area contributed by atoms with Crippen LogP contribution in [0.3, 0.4) is 0 Å². The molecule has 0 saturated carbocycles. The zero-order valence-electron chi connectivity index (χ0n) is 25.9. The number of hydrogen-bond acceptors (Lipinski definition) is 3. The van der Waals surface area contributed by atoms with Crippen molar-refractivity contribution in [3.63, 3.8) is 0 Å². The first-order valence-electron chi connectivity index (χ1n) is 16.6. The lowest BCUT2D eigenvalue weighted by molar-refractivity contribution is 0.572. The summed E-state index contributed by atoms with van der Waals surface area (Å²) in [6, 6.07) is 49.3. The van der Waals surface area contributed by atoms with E-state index >= 15 is 0 Å². The molecule has 4 nitrogen and oxygen atoms in total. The van der Waals surface area contributed by atoms with Gasteiger partial charge in [0.1, 0.15) is 5.82 Å². The van der Waals surface area contributed by atoms with E-state index in [1.807, 2.05) is 12.4 Å². The van der Waals surface area contributed by atoms with Crippen LogP contribution in [-0.4, -0.2) is 20.6 Å². The number of benzene rings is 5. The summed E-state index contributed by atoms with van der Waals surface area (Å²) in [7, 11) is 0. The number of hydrogen-bond donors (Lipinski definition) is 0. The van der Waals surface area contributed by atoms with Gasteiger partial charge >= 0.3 is 0 Å². The van der Waals surface area contributed by atoms with E-state index in [4.69, 9.17) is 4.98 Å². The number of fused-ring (bicyclic) bond motifs is 5. The number of allylic oxidation sites excluding steroid dienone is 1. The van der Waals surface area contributed by atoms with E-state index in [0.717, 1.165) is 34.5 Å². The number of nitrogens with zero attached hydrogens (tertiary/aromatic N) is 4. The van der Waals surface area contributed by atoms with E-state index in [-0.39, 0.29) is 0 Å². The normalized spacial score (nSPS) is 18.5. The Bertz CT molecular complexity index is 2280. The summed E-state index contributed by atoms with van der Waals surface area (Å²) in [4.78, 5) is 12.2. The summed E-state index contributed by atoms with van der Waals surface area (Å²) in [5.74, 6) is 1.42. The van der Waals surface area contributed by atoms with Crippen LogP contribution < -0.4 is 4.90 Å². The summed E-state index contributed by atoms with van der Waals surface area (Å²) < 4.78 is 2.39. The standard InChI is InChI=1S/C43H32N4/c1-3-12-30(13-4-1)43(31-14-5-2-6-15-31)35-18-11-19-37-41(35)47(42(45-37)29-24-26-44-27-25-29)40-23-22-32(28-36(40)43)46-38-20-9-7-16-33(38)34-17-8-10-21-39(34)46/h1-7,9-16,18-28,34,39H,8,17H2. The van der Waals surface area contributed by atoms with E-state index in [2.05, 4.69) is 160 Å². The predicted molar refractivity (Wildman–Crippen MR) is 190 cm³/mol. The molecule has 0 fully saturated rings. The van der Waals surface area contributed by atoms with Crippen molar-refractivity contribution < 1.29 is 0 Å². The van der Waals surface area contributed by atoms with E-state index in [1.165, 1.54) is 45.6 Å². The number of rotatable bonds is 4. The van der Waals surface area contributed by atoms with Crippen LogP contribution in [0.2, 0.25) is 0 Å². The second kappa shape index (κ2) is 10.1. The maximum absolute atomic E-state index is 5.31. The van der Waals surface area contributed by atoms with Gasteiger partial charge in [-0.25, -0.2) is 4.98 Å². The highest BCUT2D eigenvalue weighted by Gasteiger charge is 2.47. The molecule has 0 bridgehead atoms. The second-order valence-electron chi connectivity index (χ2n) is 12.9. The third kappa shape index (κ3) is 3.64. The average Bonchev–Trinajstić information content (AvgIpc) is 3.70. The Morgan fingerprint density at radius 2 is 1.40 bits per heavy atom. The molecule has 2 aliphatic heterocycles. The lowest BCUT2D eigenvalue weighted by Crippen LogP contribution is -2.36. The quantitative estimate of drug-likeness (QED) is 0.188. The molecule has 47 heavy (non-hydrogen) atoms. The van der Waals surface area contributed by atoms with Crippen molar-refractivity contribution >= 4 is 22.4 Å². The van der Waals surface area contributed by atoms with Crippen molar-refractivity contribution in [3.8, 4) is 17.1 Å². The Morgan fingerprint density at radius 1 is 0.660 bits per heavy atom. The molecule has 0 amide bonds. The topological polar surface area (TPSA) is 34.0 Å². The minimum Gasteiger partial charge on any atom is -0.334 e. The van der Waals surface area contributed by atoms with Crippen molar-refractivity contribution in [1.29, 1.82) is 0 Å². The Labute approximate surface area is 274 Å². The third-order valence-electron chi connectivity index (χ3n) is 10.6. The van der Waals surface area contributed by atoms with Crippen molar-refractivity contribution in [2.45, 2.75) is 30.2 Å². The highest BCUT2D eigenvalue weighted by atomic mass is 15.2. The molecular formula is C43H32N4. The van der Waals surface area contributed by atoms with Crippen molar-refractivity contribution in [2.24, 2.45) is 0 Å². The van der Waals surface area contributed by atoms with Crippen molar-refractivity contribution in [2.75, 3.05) is 4.90 Å². The maximum atomic E-state index is 5.31. The lowest BCUT2D eigenvalue weighted by atomic mass is 9.63. The number of para-hydroxylation sites is 2. The minimum absolute atomic E-state index is 0.297. The zero-order valence-corrected chi connectivity index (χ0v) is 25.9. The number of aromatic nitrogens is 3. The molecule has 2 unspecified atom stereocenters. The van der Waals surface area contributed by atoms with Gasteiger partial charge in [-0.3, -0.25) is 9.55 Å². The van der Waals surface area contributed by atoms with Gasteiger partial charge in [0.15, 0.2) is 0 Å². The third-order valence-corrected chi connectivity index (χ3v) is 10.6. The summed E-state index contributed by atoms with van der Waals surface area (Å²) in [5.41, 5.74) is 12.7. The first-order valence-corrected chi connectivity index (χ1v) is 16.6. The van der Waals surface area contributed by atoms with Gasteiger partial charge in [0.05, 0.1) is 28.2 Å². The summed E-state index contributed by atoms with van der Waals surface area (Å²) in [5, 5.41) is 0. The van der Waals surface area contributed by atoms with Crippen molar-refractivity contribution in [3.05, 3.63) is 186 Å². The largest absolute Gasteiger partial charge is 0.334 e. The Morgan fingerprint density at radius 3 is 2.19 bits per heavy atom. The van der Waals surface area contributed by atoms with Crippen LogP contribution >= 0.6 is 0 Å². The second-order valence-corrected chi connectivity index (χ2v) is 12.9. The molecular weight excluding hydrogens is 573 g/mol. The summed E-state index contributed by atoms with van der Waals surface area (Å²) in [6.07, 6.45) is 10.8. The van der Waals surface area contributed by atoms with E-state index in [0.29, 0.717) is 12.0 Å². The van der Waals surface area contributed by atoms with Crippen LogP contribution in [0.25, 0.3) is 28.1 Å². The number of imidazole rings is 1. The highest BCUT2D eigenvalue weighted by Crippen LogP contribution is 2.56. The van der Waals surface area contributed by atoms with Crippen LogP contribution in [0.15, 0.2) is 158 Å². The molecule has 0 N–H and O–H groups in total. The van der Waals surface area contributed by atoms with E-state index in [1.54, 1.807) is 0 Å². The minimum atomic E-state index is -0.569. The zero-order chi connectivity index (χ0) is 31.0. The van der Waals surface area contributed by atoms with Crippen LogP contribution in [-0.2, 0) is 5.41 Å². The molecule has 224 valence electrons. The number of anilines is 2. The van der Waals surface area contributed by atoms with Gasteiger partial charge in [0, 0.05) is 35.2 Å². The molecule has 7 aromatic rings. The molecule has 4 heteroatoms. The fraction of sp³-hybridized carbons (Fsp3) is 0.116. The van der Waals surface area contributed by atoms with Crippen LogP contribution in [0, 0.1) is 0 Å². The summed E-state index contributed by atoms with van der Waals surface area (Å²) in [6.45, 7) is 0. The molecule has 3 aliphatic rings. The van der Waals surface area contributed by atoms with Crippen LogP contribution in [0.1, 0.15) is 46.6 Å². The average molecular weight is 605 g/mol. The van der Waals surface area contributed by atoms with Gasteiger partial charge in [0.2, 0.25) is 0 Å².